The van der Waals surface area contributed by atoms with Crippen molar-refractivity contribution in [3.8, 4) is 17.2 Å². The van der Waals surface area contributed by atoms with Crippen LogP contribution >= 0.6 is 0 Å². The Morgan fingerprint density at radius 2 is 1.61 bits per heavy atom. The number of carbonyl (C=O) groups excluding carboxylic acids is 1. The summed E-state index contributed by atoms with van der Waals surface area (Å²) in [5.74, 6) is -1.50. The van der Waals surface area contributed by atoms with Crippen molar-refractivity contribution >= 4 is 17.4 Å². The number of amides is 2. The van der Waals surface area contributed by atoms with Gasteiger partial charge in [0.1, 0.15) is 5.82 Å². The van der Waals surface area contributed by atoms with E-state index < -0.39 is 36.2 Å². The van der Waals surface area contributed by atoms with Crippen molar-refractivity contribution in [1.82, 2.24) is 5.32 Å². The Bertz CT molecular complexity index is 1300. The fourth-order valence-electron chi connectivity index (χ4n) is 3.51. The van der Waals surface area contributed by atoms with Gasteiger partial charge in [0.05, 0.1) is 23.6 Å². The van der Waals surface area contributed by atoms with E-state index >= 15 is 0 Å². The summed E-state index contributed by atoms with van der Waals surface area (Å²) in [5.41, 5.74) is 0.311. The molecule has 0 bridgehead atoms. The molecule has 0 radical (unpaired) electrons. The second kappa shape index (κ2) is 12.0. The average Bonchev–Trinajstić information content (AvgIpc) is 2.86. The van der Waals surface area contributed by atoms with E-state index in [1.807, 2.05) is 6.07 Å². The first-order valence-corrected chi connectivity index (χ1v) is 11.2. The van der Waals surface area contributed by atoms with Gasteiger partial charge in [0.25, 0.3) is 0 Å². The minimum atomic E-state index is -4.98. The molecule has 0 unspecified atom stereocenters. The Labute approximate surface area is 213 Å². The molecule has 0 aliphatic carbocycles. The van der Waals surface area contributed by atoms with E-state index in [2.05, 4.69) is 10.6 Å². The summed E-state index contributed by atoms with van der Waals surface area (Å²) < 4.78 is 90.1. The van der Waals surface area contributed by atoms with E-state index in [0.29, 0.717) is 28.9 Å². The number of nitrogens with one attached hydrogen (secondary N) is 2. The number of halogens is 7. The van der Waals surface area contributed by atoms with Crippen molar-refractivity contribution in [2.75, 3.05) is 29.9 Å². The lowest BCUT2D eigenvalue weighted by molar-refractivity contribution is -0.140. The number of hydrogen-bond acceptors (Lipinski definition) is 3. The van der Waals surface area contributed by atoms with Gasteiger partial charge in [-0.1, -0.05) is 24.3 Å². The molecular weight excluding hydrogens is 517 g/mol. The number of urea groups is 1. The normalized spacial score (nSPS) is 11.6. The topological polar surface area (TPSA) is 68.2 Å². The minimum absolute atomic E-state index is 0.0489. The number of anilines is 2. The SMILES string of the molecule is N#Cc1cccc(-c2ccc(N(CCNCCC(F)(F)F)C(=O)Nc3ccc(F)c(C(F)(F)F)c3)cc2)c1. The summed E-state index contributed by atoms with van der Waals surface area (Å²) in [7, 11) is 0. The molecule has 200 valence electrons. The van der Waals surface area contributed by atoms with Gasteiger partial charge in [-0.2, -0.15) is 31.6 Å². The highest BCUT2D eigenvalue weighted by Gasteiger charge is 2.34. The molecule has 0 spiro atoms. The van der Waals surface area contributed by atoms with Crippen LogP contribution in [0.3, 0.4) is 0 Å². The summed E-state index contributed by atoms with van der Waals surface area (Å²) >= 11 is 0. The van der Waals surface area contributed by atoms with Gasteiger partial charge in [0.15, 0.2) is 0 Å². The van der Waals surface area contributed by atoms with E-state index in [1.165, 1.54) is 0 Å². The van der Waals surface area contributed by atoms with E-state index in [-0.39, 0.29) is 25.3 Å². The molecule has 38 heavy (non-hydrogen) atoms. The Balaban J connectivity index is 1.82. The third kappa shape index (κ3) is 7.94. The number of hydrogen-bond donors (Lipinski definition) is 2. The van der Waals surface area contributed by atoms with Crippen LogP contribution in [0.2, 0.25) is 0 Å². The number of nitriles is 1. The molecule has 5 nitrogen and oxygen atoms in total. The second-order valence-corrected chi connectivity index (χ2v) is 8.13. The molecule has 3 aromatic rings. The third-order valence-electron chi connectivity index (χ3n) is 5.37. The lowest BCUT2D eigenvalue weighted by Gasteiger charge is -2.24. The molecule has 0 fully saturated rings. The van der Waals surface area contributed by atoms with Crippen LogP contribution in [-0.2, 0) is 6.18 Å². The first-order valence-electron chi connectivity index (χ1n) is 11.2. The zero-order valence-corrected chi connectivity index (χ0v) is 19.6. The van der Waals surface area contributed by atoms with Crippen molar-refractivity contribution in [1.29, 1.82) is 5.26 Å². The molecule has 3 aromatic carbocycles. The van der Waals surface area contributed by atoms with Crippen molar-refractivity contribution in [2.45, 2.75) is 18.8 Å². The number of alkyl halides is 6. The zero-order valence-electron chi connectivity index (χ0n) is 19.6. The number of rotatable bonds is 8. The van der Waals surface area contributed by atoms with Crippen LogP contribution in [0.15, 0.2) is 66.7 Å². The van der Waals surface area contributed by atoms with E-state index in [0.717, 1.165) is 16.5 Å². The van der Waals surface area contributed by atoms with Gasteiger partial charge < -0.3 is 10.6 Å². The summed E-state index contributed by atoms with van der Waals surface area (Å²) in [6.07, 6.45) is -10.4. The van der Waals surface area contributed by atoms with Gasteiger partial charge in [0.2, 0.25) is 0 Å². The number of carbonyl (C=O) groups is 1. The van der Waals surface area contributed by atoms with Crippen LogP contribution < -0.4 is 15.5 Å². The maximum absolute atomic E-state index is 13.6. The summed E-state index contributed by atoms with van der Waals surface area (Å²) in [6, 6.07) is 16.3. The Morgan fingerprint density at radius 3 is 2.24 bits per heavy atom. The highest BCUT2D eigenvalue weighted by Crippen LogP contribution is 2.33. The van der Waals surface area contributed by atoms with Crippen LogP contribution in [0.25, 0.3) is 11.1 Å². The van der Waals surface area contributed by atoms with Crippen LogP contribution in [0.1, 0.15) is 17.5 Å². The largest absolute Gasteiger partial charge is 0.419 e. The predicted molar refractivity (Wildman–Crippen MR) is 128 cm³/mol. The van der Waals surface area contributed by atoms with Crippen LogP contribution in [0, 0.1) is 17.1 Å². The van der Waals surface area contributed by atoms with Gasteiger partial charge >= 0.3 is 18.4 Å². The molecule has 0 saturated heterocycles. The lowest BCUT2D eigenvalue weighted by Crippen LogP contribution is -2.40. The number of nitrogens with zero attached hydrogens (tertiary/aromatic N) is 2. The monoisotopic (exact) mass is 538 g/mol. The van der Waals surface area contributed by atoms with Gasteiger partial charge in [0, 0.05) is 31.0 Å². The molecule has 0 aliphatic rings. The van der Waals surface area contributed by atoms with Gasteiger partial charge in [-0.3, -0.25) is 4.90 Å². The van der Waals surface area contributed by atoms with Gasteiger partial charge in [-0.05, 0) is 53.6 Å². The molecule has 0 atom stereocenters. The quantitative estimate of drug-likeness (QED) is 0.241. The van der Waals surface area contributed by atoms with Gasteiger partial charge in [-0.25, -0.2) is 9.18 Å². The Hall–Kier alpha value is -4.11. The van der Waals surface area contributed by atoms with Gasteiger partial charge in [-0.15, -0.1) is 0 Å². The fourth-order valence-corrected chi connectivity index (χ4v) is 3.51. The molecule has 2 N–H and O–H groups in total. The van der Waals surface area contributed by atoms with Crippen molar-refractivity contribution < 1.29 is 35.5 Å². The molecule has 12 heteroatoms. The standard InChI is InChI=1S/C26H21F7N4O/c27-23-9-6-20(15-22(23)26(31,32)33)36-24(38)37(13-12-35-11-10-25(28,29)30)21-7-4-18(5-8-21)19-3-1-2-17(14-19)16-34/h1-9,14-15,35H,10-13H2,(H,36,38). The van der Waals surface area contributed by atoms with E-state index in [1.54, 1.807) is 48.5 Å². The predicted octanol–water partition coefficient (Wildman–Crippen LogP) is 6.96. The van der Waals surface area contributed by atoms with Crippen LogP contribution in [0.5, 0.6) is 0 Å². The summed E-state index contributed by atoms with van der Waals surface area (Å²) in [5, 5.41) is 14.0. The highest BCUT2D eigenvalue weighted by molar-refractivity contribution is 6.02. The smallest absolute Gasteiger partial charge is 0.315 e. The first-order chi connectivity index (χ1) is 17.9. The maximum atomic E-state index is 13.6. The molecule has 2 amide bonds. The lowest BCUT2D eigenvalue weighted by atomic mass is 10.0. The zero-order chi connectivity index (χ0) is 27.9. The van der Waals surface area contributed by atoms with Crippen molar-refractivity contribution in [3.05, 3.63) is 83.7 Å². The van der Waals surface area contributed by atoms with Crippen LogP contribution in [0.4, 0.5) is 46.9 Å². The maximum Gasteiger partial charge on any atom is 0.419 e. The molecule has 3 rings (SSSR count). The molecule has 0 heterocycles. The van der Waals surface area contributed by atoms with E-state index in [4.69, 9.17) is 5.26 Å². The van der Waals surface area contributed by atoms with Crippen molar-refractivity contribution in [2.24, 2.45) is 0 Å². The molecule has 0 saturated carbocycles. The molecule has 0 aliphatic heterocycles. The minimum Gasteiger partial charge on any atom is -0.315 e. The fraction of sp³-hybridized carbons (Fsp3) is 0.231. The average molecular weight is 538 g/mol. The third-order valence-corrected chi connectivity index (χ3v) is 5.37. The number of benzene rings is 3. The summed E-state index contributed by atoms with van der Waals surface area (Å²) in [4.78, 5) is 14.1. The van der Waals surface area contributed by atoms with Crippen LogP contribution in [-0.4, -0.2) is 31.8 Å². The van der Waals surface area contributed by atoms with Crippen molar-refractivity contribution in [3.63, 3.8) is 0 Å². The second-order valence-electron chi connectivity index (χ2n) is 8.13. The molecule has 0 aromatic heterocycles. The Morgan fingerprint density at radius 1 is 0.895 bits per heavy atom. The van der Waals surface area contributed by atoms with E-state index in [9.17, 15) is 35.5 Å². The Kier molecular flexibility index (Phi) is 8.96. The highest BCUT2D eigenvalue weighted by atomic mass is 19.4. The molecular formula is C26H21F7N4O. The summed E-state index contributed by atoms with van der Waals surface area (Å²) in [6.45, 7) is -0.563. The first kappa shape index (κ1) is 28.5.